The molecular formula is C13H11N3O3S. The van der Waals surface area contributed by atoms with Gasteiger partial charge in [-0.1, -0.05) is 11.8 Å². The Hall–Kier alpha value is -2.41. The Kier molecular flexibility index (Phi) is 4.31. The highest BCUT2D eigenvalue weighted by Crippen LogP contribution is 2.32. The maximum absolute atomic E-state index is 10.9. The zero-order chi connectivity index (χ0) is 14.5. The van der Waals surface area contributed by atoms with Crippen molar-refractivity contribution in [2.45, 2.75) is 16.8 Å². The molecule has 1 amide bonds. The van der Waals surface area contributed by atoms with Gasteiger partial charge in [-0.2, -0.15) is 0 Å². The van der Waals surface area contributed by atoms with Crippen LogP contribution in [0.2, 0.25) is 0 Å². The molecule has 20 heavy (non-hydrogen) atoms. The minimum atomic E-state index is -0.457. The fraction of sp³-hybridized carbons (Fsp3) is 0.0769. The summed E-state index contributed by atoms with van der Waals surface area (Å²) in [6.45, 7) is 1.43. The molecule has 0 radical (unpaired) electrons. The second kappa shape index (κ2) is 6.16. The summed E-state index contributed by atoms with van der Waals surface area (Å²) in [6, 6.07) is 9.96. The zero-order valence-corrected chi connectivity index (χ0v) is 11.4. The smallest absolute Gasteiger partial charge is 0.301 e. The largest absolute Gasteiger partial charge is 0.326 e. The predicted octanol–water partition coefficient (Wildman–Crippen LogP) is 3.10. The van der Waals surface area contributed by atoms with Gasteiger partial charge < -0.3 is 5.32 Å². The van der Waals surface area contributed by atoms with Crippen LogP contribution in [-0.2, 0) is 4.79 Å². The Morgan fingerprint density at radius 3 is 2.60 bits per heavy atom. The van der Waals surface area contributed by atoms with E-state index in [9.17, 15) is 14.9 Å². The first kappa shape index (κ1) is 14.0. The lowest BCUT2D eigenvalue weighted by Crippen LogP contribution is -2.05. The Bertz CT molecular complexity index is 644. The van der Waals surface area contributed by atoms with Crippen molar-refractivity contribution in [1.29, 1.82) is 0 Å². The van der Waals surface area contributed by atoms with E-state index < -0.39 is 4.92 Å². The van der Waals surface area contributed by atoms with E-state index in [0.29, 0.717) is 10.7 Å². The van der Waals surface area contributed by atoms with Crippen molar-refractivity contribution in [3.8, 4) is 0 Å². The van der Waals surface area contributed by atoms with Crippen LogP contribution in [0, 0.1) is 10.1 Å². The normalized spacial score (nSPS) is 10.1. The molecule has 0 fully saturated rings. The molecule has 0 bridgehead atoms. The standard InChI is InChI=1S/C13H11N3O3S/c1-9(17)15-10-4-6-11(7-5-10)20-13-12(16(18)19)3-2-8-14-13/h2-8H,1H3,(H,15,17). The average molecular weight is 289 g/mol. The third-order valence-electron chi connectivity index (χ3n) is 2.34. The lowest BCUT2D eigenvalue weighted by Gasteiger charge is -2.04. The molecule has 1 heterocycles. The number of aromatic nitrogens is 1. The molecule has 0 unspecified atom stereocenters. The maximum atomic E-state index is 10.9. The zero-order valence-electron chi connectivity index (χ0n) is 10.6. The van der Waals surface area contributed by atoms with E-state index >= 15 is 0 Å². The summed E-state index contributed by atoms with van der Waals surface area (Å²) in [4.78, 5) is 26.2. The van der Waals surface area contributed by atoms with Crippen LogP contribution in [0.4, 0.5) is 11.4 Å². The van der Waals surface area contributed by atoms with Gasteiger partial charge in [-0.15, -0.1) is 0 Å². The summed E-state index contributed by atoms with van der Waals surface area (Å²) >= 11 is 1.20. The summed E-state index contributed by atoms with van der Waals surface area (Å²) in [5.41, 5.74) is 0.654. The molecule has 0 saturated carbocycles. The number of nitro groups is 1. The SMILES string of the molecule is CC(=O)Nc1ccc(Sc2ncccc2[N+](=O)[O-])cc1. The molecule has 7 heteroatoms. The van der Waals surface area contributed by atoms with E-state index in [1.807, 2.05) is 0 Å². The molecule has 0 saturated heterocycles. The molecule has 2 aromatic rings. The summed E-state index contributed by atoms with van der Waals surface area (Å²) in [6.07, 6.45) is 1.51. The number of carbonyl (C=O) groups excluding carboxylic acids is 1. The fourth-order valence-corrected chi connectivity index (χ4v) is 2.38. The average Bonchev–Trinajstić information content (AvgIpc) is 2.41. The van der Waals surface area contributed by atoms with E-state index in [4.69, 9.17) is 0 Å². The van der Waals surface area contributed by atoms with Gasteiger partial charge in [0, 0.05) is 29.8 Å². The third kappa shape index (κ3) is 3.55. The van der Waals surface area contributed by atoms with Crippen molar-refractivity contribution in [2.24, 2.45) is 0 Å². The van der Waals surface area contributed by atoms with Crippen molar-refractivity contribution in [3.05, 3.63) is 52.7 Å². The van der Waals surface area contributed by atoms with Gasteiger partial charge in [0.05, 0.1) is 4.92 Å². The van der Waals surface area contributed by atoms with Gasteiger partial charge in [-0.25, -0.2) is 4.98 Å². The van der Waals surface area contributed by atoms with Crippen molar-refractivity contribution in [1.82, 2.24) is 4.98 Å². The Morgan fingerprint density at radius 1 is 1.30 bits per heavy atom. The lowest BCUT2D eigenvalue weighted by atomic mass is 10.3. The number of hydrogen-bond donors (Lipinski definition) is 1. The first-order valence-electron chi connectivity index (χ1n) is 5.71. The van der Waals surface area contributed by atoms with Gasteiger partial charge in [-0.3, -0.25) is 14.9 Å². The predicted molar refractivity (Wildman–Crippen MR) is 75.8 cm³/mol. The molecule has 2 rings (SSSR count). The molecular weight excluding hydrogens is 278 g/mol. The highest BCUT2D eigenvalue weighted by Gasteiger charge is 2.15. The van der Waals surface area contributed by atoms with Crippen LogP contribution in [0.1, 0.15) is 6.92 Å². The lowest BCUT2D eigenvalue weighted by molar-refractivity contribution is -0.388. The second-order valence-corrected chi connectivity index (χ2v) is 4.95. The van der Waals surface area contributed by atoms with Gasteiger partial charge in [0.25, 0.3) is 0 Å². The molecule has 6 nitrogen and oxygen atoms in total. The Morgan fingerprint density at radius 2 is 2.00 bits per heavy atom. The van der Waals surface area contributed by atoms with Crippen LogP contribution in [-0.4, -0.2) is 15.8 Å². The first-order valence-corrected chi connectivity index (χ1v) is 6.53. The molecule has 0 aliphatic carbocycles. The van der Waals surface area contributed by atoms with E-state index in [0.717, 1.165) is 4.90 Å². The van der Waals surface area contributed by atoms with Gasteiger partial charge in [0.2, 0.25) is 5.91 Å². The molecule has 102 valence electrons. The molecule has 0 atom stereocenters. The van der Waals surface area contributed by atoms with Crippen LogP contribution >= 0.6 is 11.8 Å². The highest BCUT2D eigenvalue weighted by molar-refractivity contribution is 7.99. The number of carbonyl (C=O) groups is 1. The Labute approximate surface area is 119 Å². The van der Waals surface area contributed by atoms with Crippen molar-refractivity contribution in [2.75, 3.05) is 5.32 Å². The fourth-order valence-electron chi connectivity index (χ4n) is 1.52. The first-order chi connectivity index (χ1) is 9.56. The Balaban J connectivity index is 2.18. The third-order valence-corrected chi connectivity index (χ3v) is 3.35. The number of rotatable bonds is 4. The van der Waals surface area contributed by atoms with Gasteiger partial charge in [0.15, 0.2) is 5.03 Å². The maximum Gasteiger partial charge on any atom is 0.301 e. The number of hydrogen-bond acceptors (Lipinski definition) is 5. The van der Waals surface area contributed by atoms with Crippen molar-refractivity contribution in [3.63, 3.8) is 0 Å². The summed E-state index contributed by atoms with van der Waals surface area (Å²) in [5.74, 6) is -0.147. The second-order valence-electron chi connectivity index (χ2n) is 3.89. The monoisotopic (exact) mass is 289 g/mol. The number of benzene rings is 1. The summed E-state index contributed by atoms with van der Waals surface area (Å²) in [7, 11) is 0. The minimum Gasteiger partial charge on any atom is -0.326 e. The van der Waals surface area contributed by atoms with Crippen LogP contribution in [0.25, 0.3) is 0 Å². The topological polar surface area (TPSA) is 85.1 Å². The van der Waals surface area contributed by atoms with Gasteiger partial charge in [0.1, 0.15) is 0 Å². The number of nitrogens with one attached hydrogen (secondary N) is 1. The minimum absolute atomic E-state index is 0.0246. The van der Waals surface area contributed by atoms with Crippen LogP contribution in [0.5, 0.6) is 0 Å². The van der Waals surface area contributed by atoms with Gasteiger partial charge in [-0.05, 0) is 30.3 Å². The van der Waals surface area contributed by atoms with E-state index in [1.54, 1.807) is 24.3 Å². The van der Waals surface area contributed by atoms with Gasteiger partial charge >= 0.3 is 5.69 Å². The highest BCUT2D eigenvalue weighted by atomic mass is 32.2. The van der Waals surface area contributed by atoms with Crippen LogP contribution in [0.3, 0.4) is 0 Å². The quantitative estimate of drug-likeness (QED) is 0.690. The van der Waals surface area contributed by atoms with Crippen molar-refractivity contribution >= 4 is 29.0 Å². The van der Waals surface area contributed by atoms with E-state index in [2.05, 4.69) is 10.3 Å². The molecule has 0 aliphatic rings. The molecule has 1 N–H and O–H groups in total. The van der Waals surface area contributed by atoms with E-state index in [-0.39, 0.29) is 11.6 Å². The van der Waals surface area contributed by atoms with Crippen molar-refractivity contribution < 1.29 is 9.72 Å². The number of anilines is 1. The summed E-state index contributed by atoms with van der Waals surface area (Å²) in [5, 5.41) is 13.9. The van der Waals surface area contributed by atoms with E-state index in [1.165, 1.54) is 37.0 Å². The number of pyridine rings is 1. The molecule has 1 aromatic heterocycles. The number of amides is 1. The van der Waals surface area contributed by atoms with Crippen LogP contribution < -0.4 is 5.32 Å². The molecule has 1 aromatic carbocycles. The molecule has 0 aliphatic heterocycles. The van der Waals surface area contributed by atoms with Crippen LogP contribution in [0.15, 0.2) is 52.5 Å². The summed E-state index contributed by atoms with van der Waals surface area (Å²) < 4.78 is 0. The number of nitrogens with zero attached hydrogens (tertiary/aromatic N) is 2. The molecule has 0 spiro atoms.